The van der Waals surface area contributed by atoms with Crippen LogP contribution in [-0.2, 0) is 19.1 Å². The Morgan fingerprint density at radius 1 is 1.38 bits per heavy atom. The van der Waals surface area contributed by atoms with E-state index in [1.54, 1.807) is 33.7 Å². The van der Waals surface area contributed by atoms with Crippen LogP contribution < -0.4 is 0 Å². The van der Waals surface area contributed by atoms with Crippen molar-refractivity contribution in [3.63, 3.8) is 0 Å². The van der Waals surface area contributed by atoms with Gasteiger partial charge in [0, 0.05) is 31.0 Å². The van der Waals surface area contributed by atoms with Gasteiger partial charge in [0.15, 0.2) is 0 Å². The van der Waals surface area contributed by atoms with Crippen molar-refractivity contribution in [3.8, 4) is 0 Å². The lowest BCUT2D eigenvalue weighted by Crippen LogP contribution is -2.58. The number of esters is 1. The maximum absolute atomic E-state index is 13.9. The molecule has 3 rings (SSSR count). The van der Waals surface area contributed by atoms with E-state index in [4.69, 9.17) is 4.74 Å². The predicted octanol–water partition coefficient (Wildman–Crippen LogP) is 2.25. The number of carbonyl (C=O) groups is 3. The van der Waals surface area contributed by atoms with Crippen LogP contribution in [0.25, 0.3) is 0 Å². The molecule has 1 N–H and O–H groups in total. The molecule has 0 aromatic rings. The molecule has 0 aliphatic carbocycles. The number of ether oxygens (including phenoxy) is 1. The number of fused-ring (bicyclic) bond motifs is 1. The standard InChI is InChI=1S/C24H36N2O5S/c1-6-8-13-31-23(30)18-17-14-16(5)24(32-17)19(18)21(28)26(11-9-12-27)20(24)22(29)25(10-7-2)15(3)4/h6-7,15-20,27H,1-2,8-14H2,3-5H3/t16?,17-,18+,19-,20?,24?/m0/s1. The smallest absolute Gasteiger partial charge is 0.310 e. The van der Waals surface area contributed by atoms with Gasteiger partial charge in [0.1, 0.15) is 6.04 Å². The highest BCUT2D eigenvalue weighted by molar-refractivity contribution is 8.02. The predicted molar refractivity (Wildman–Crippen MR) is 125 cm³/mol. The molecule has 0 radical (unpaired) electrons. The van der Waals surface area contributed by atoms with Crippen molar-refractivity contribution < 1.29 is 24.2 Å². The third-order valence-electron chi connectivity index (χ3n) is 7.11. The SMILES string of the molecule is C=CCCOC(=O)[C@@H]1[C@@H]2CC(C)C3(S2)C(C(=O)N(CC=C)C(C)C)N(CCCO)C(=O)[C@H]13. The first-order chi connectivity index (χ1) is 15.3. The molecule has 3 saturated heterocycles. The first-order valence-electron chi connectivity index (χ1n) is 11.5. The highest BCUT2D eigenvalue weighted by Crippen LogP contribution is 2.68. The monoisotopic (exact) mass is 464 g/mol. The van der Waals surface area contributed by atoms with E-state index in [9.17, 15) is 19.5 Å². The highest BCUT2D eigenvalue weighted by atomic mass is 32.2. The second-order valence-corrected chi connectivity index (χ2v) is 10.8. The molecular formula is C24H36N2O5S. The lowest BCUT2D eigenvalue weighted by molar-refractivity contribution is -0.154. The summed E-state index contributed by atoms with van der Waals surface area (Å²) in [7, 11) is 0. The minimum Gasteiger partial charge on any atom is -0.465 e. The summed E-state index contributed by atoms with van der Waals surface area (Å²) >= 11 is 1.64. The van der Waals surface area contributed by atoms with Crippen molar-refractivity contribution in [2.75, 3.05) is 26.3 Å². The number of amides is 2. The maximum Gasteiger partial charge on any atom is 0.310 e. The number of hydrogen-bond donors (Lipinski definition) is 1. The largest absolute Gasteiger partial charge is 0.465 e. The van der Waals surface area contributed by atoms with Gasteiger partial charge in [0.2, 0.25) is 11.8 Å². The quantitative estimate of drug-likeness (QED) is 0.287. The number of rotatable bonds is 11. The number of carbonyl (C=O) groups excluding carboxylic acids is 3. The van der Waals surface area contributed by atoms with Crippen molar-refractivity contribution in [2.45, 2.75) is 62.1 Å². The zero-order valence-electron chi connectivity index (χ0n) is 19.4. The molecule has 8 heteroatoms. The van der Waals surface area contributed by atoms with E-state index in [1.165, 1.54) is 0 Å². The molecule has 1 spiro atoms. The Kier molecular flexibility index (Phi) is 7.76. The summed E-state index contributed by atoms with van der Waals surface area (Å²) in [4.78, 5) is 44.1. The van der Waals surface area contributed by atoms with E-state index in [-0.39, 0.29) is 48.2 Å². The molecule has 178 valence electrons. The molecular weight excluding hydrogens is 428 g/mol. The average molecular weight is 465 g/mol. The van der Waals surface area contributed by atoms with Crippen LogP contribution in [0, 0.1) is 17.8 Å². The molecule has 3 heterocycles. The Bertz CT molecular complexity index is 771. The second-order valence-electron chi connectivity index (χ2n) is 9.28. The number of hydrogen-bond acceptors (Lipinski definition) is 6. The first kappa shape index (κ1) is 24.8. The number of thioether (sulfide) groups is 1. The summed E-state index contributed by atoms with van der Waals surface area (Å²) in [5.74, 6) is -1.63. The molecule has 0 saturated carbocycles. The van der Waals surface area contributed by atoms with Crippen LogP contribution in [0.5, 0.6) is 0 Å². The van der Waals surface area contributed by atoms with E-state index in [0.717, 1.165) is 6.42 Å². The number of aliphatic hydroxyl groups is 1. The first-order valence-corrected chi connectivity index (χ1v) is 12.4. The Balaban J connectivity index is 2.01. The number of likely N-dealkylation sites (tertiary alicyclic amines) is 1. The molecule has 3 fully saturated rings. The molecule has 3 aliphatic rings. The topological polar surface area (TPSA) is 87.2 Å². The van der Waals surface area contributed by atoms with Gasteiger partial charge in [-0.25, -0.2) is 0 Å². The van der Waals surface area contributed by atoms with Gasteiger partial charge >= 0.3 is 5.97 Å². The summed E-state index contributed by atoms with van der Waals surface area (Å²) < 4.78 is 4.84. The fourth-order valence-electron chi connectivity index (χ4n) is 5.74. The van der Waals surface area contributed by atoms with E-state index in [2.05, 4.69) is 20.1 Å². The Morgan fingerprint density at radius 2 is 2.09 bits per heavy atom. The van der Waals surface area contributed by atoms with Crippen LogP contribution in [0.4, 0.5) is 0 Å². The molecule has 3 unspecified atom stereocenters. The zero-order chi connectivity index (χ0) is 23.6. The van der Waals surface area contributed by atoms with Gasteiger partial charge in [-0.1, -0.05) is 19.1 Å². The molecule has 3 aliphatic heterocycles. The summed E-state index contributed by atoms with van der Waals surface area (Å²) in [6.45, 7) is 14.3. The average Bonchev–Trinajstić information content (AvgIpc) is 3.33. The minimum absolute atomic E-state index is 0.0302. The van der Waals surface area contributed by atoms with Crippen LogP contribution in [0.1, 0.15) is 40.0 Å². The third-order valence-corrected chi connectivity index (χ3v) is 9.18. The van der Waals surface area contributed by atoms with Gasteiger partial charge in [0.25, 0.3) is 0 Å². The fraction of sp³-hybridized carbons (Fsp3) is 0.708. The Morgan fingerprint density at radius 3 is 2.69 bits per heavy atom. The molecule has 32 heavy (non-hydrogen) atoms. The third kappa shape index (κ3) is 3.89. The summed E-state index contributed by atoms with van der Waals surface area (Å²) in [6, 6.07) is -0.714. The van der Waals surface area contributed by atoms with Crippen molar-refractivity contribution in [2.24, 2.45) is 17.8 Å². The van der Waals surface area contributed by atoms with Crippen LogP contribution in [0.2, 0.25) is 0 Å². The van der Waals surface area contributed by atoms with Gasteiger partial charge in [-0.3, -0.25) is 14.4 Å². The van der Waals surface area contributed by atoms with E-state index in [1.807, 2.05) is 13.8 Å². The van der Waals surface area contributed by atoms with Crippen molar-refractivity contribution in [1.29, 1.82) is 0 Å². The molecule has 0 aromatic heterocycles. The number of aliphatic hydroxyl groups excluding tert-OH is 1. The van der Waals surface area contributed by atoms with Crippen LogP contribution in [0.15, 0.2) is 25.3 Å². The Hall–Kier alpha value is -1.80. The maximum atomic E-state index is 13.9. The molecule has 6 atom stereocenters. The van der Waals surface area contributed by atoms with Gasteiger partial charge < -0.3 is 19.6 Å². The second kappa shape index (κ2) is 10.00. The normalized spacial score (nSPS) is 32.8. The van der Waals surface area contributed by atoms with Gasteiger partial charge in [-0.2, -0.15) is 0 Å². The zero-order valence-corrected chi connectivity index (χ0v) is 20.2. The van der Waals surface area contributed by atoms with Crippen LogP contribution >= 0.6 is 11.8 Å². The van der Waals surface area contributed by atoms with Crippen LogP contribution in [0.3, 0.4) is 0 Å². The molecule has 2 amide bonds. The van der Waals surface area contributed by atoms with Gasteiger partial charge in [-0.15, -0.1) is 24.9 Å². The van der Waals surface area contributed by atoms with E-state index < -0.39 is 22.6 Å². The van der Waals surface area contributed by atoms with Gasteiger partial charge in [0.05, 0.1) is 23.2 Å². The summed E-state index contributed by atoms with van der Waals surface area (Å²) in [5.41, 5.74) is 0. The molecule has 2 bridgehead atoms. The lowest BCUT2D eigenvalue weighted by atomic mass is 9.66. The summed E-state index contributed by atoms with van der Waals surface area (Å²) in [6.07, 6.45) is 5.11. The Labute approximate surface area is 195 Å². The lowest BCUT2D eigenvalue weighted by Gasteiger charge is -2.41. The van der Waals surface area contributed by atoms with E-state index >= 15 is 0 Å². The summed E-state index contributed by atoms with van der Waals surface area (Å²) in [5, 5.41) is 9.40. The fourth-order valence-corrected chi connectivity index (χ4v) is 8.14. The minimum atomic E-state index is -0.662. The highest BCUT2D eigenvalue weighted by Gasteiger charge is 2.76. The van der Waals surface area contributed by atoms with Gasteiger partial charge in [-0.05, 0) is 39.0 Å². The van der Waals surface area contributed by atoms with Crippen molar-refractivity contribution in [1.82, 2.24) is 9.80 Å². The van der Waals surface area contributed by atoms with Crippen LogP contribution in [-0.4, -0.2) is 81.1 Å². The molecule has 0 aromatic carbocycles. The molecule has 7 nitrogen and oxygen atoms in total. The van der Waals surface area contributed by atoms with Crippen molar-refractivity contribution >= 4 is 29.5 Å². The number of nitrogens with zero attached hydrogens (tertiary/aromatic N) is 2. The van der Waals surface area contributed by atoms with E-state index in [0.29, 0.717) is 25.9 Å². The van der Waals surface area contributed by atoms with Crippen molar-refractivity contribution in [3.05, 3.63) is 25.3 Å².